The van der Waals surface area contributed by atoms with Gasteiger partial charge in [0.15, 0.2) is 21.3 Å². The third-order valence-corrected chi connectivity index (χ3v) is 5.68. The summed E-state index contributed by atoms with van der Waals surface area (Å²) in [5.74, 6) is 0.998. The third-order valence-electron chi connectivity index (χ3n) is 4.57. The van der Waals surface area contributed by atoms with E-state index in [1.807, 2.05) is 32.0 Å². The van der Waals surface area contributed by atoms with Crippen LogP contribution in [0, 0.1) is 6.92 Å². The number of carbonyl (C=O) groups excluding carboxylic acids is 1. The Balaban J connectivity index is 1.89. The van der Waals surface area contributed by atoms with E-state index in [1.165, 1.54) is 12.1 Å². The van der Waals surface area contributed by atoms with E-state index in [4.69, 9.17) is 9.47 Å². The first-order valence-electron chi connectivity index (χ1n) is 8.61. The van der Waals surface area contributed by atoms with Crippen LogP contribution in [-0.2, 0) is 15.4 Å². The molecule has 0 fully saturated rings. The lowest BCUT2D eigenvalue weighted by Gasteiger charge is -2.29. The van der Waals surface area contributed by atoms with E-state index in [-0.39, 0.29) is 10.8 Å². The largest absolute Gasteiger partial charge is 0.486 e. The Morgan fingerprint density at radius 1 is 1.04 bits per heavy atom. The fraction of sp³-hybridized carbons (Fsp3) is 0.350. The molecular formula is C20H23NO5S. The fourth-order valence-electron chi connectivity index (χ4n) is 2.93. The maximum absolute atomic E-state index is 12.9. The Morgan fingerprint density at radius 3 is 2.37 bits per heavy atom. The van der Waals surface area contributed by atoms with Crippen LogP contribution < -0.4 is 14.8 Å². The molecule has 1 amide bonds. The molecule has 0 spiro atoms. The summed E-state index contributed by atoms with van der Waals surface area (Å²) >= 11 is 0. The van der Waals surface area contributed by atoms with Crippen molar-refractivity contribution in [2.75, 3.05) is 19.5 Å². The number of ether oxygens (including phenoxy) is 2. The summed E-state index contributed by atoms with van der Waals surface area (Å²) in [6.07, 6.45) is 1.12. The third kappa shape index (κ3) is 4.08. The van der Waals surface area contributed by atoms with Crippen LogP contribution in [0.2, 0.25) is 0 Å². The maximum atomic E-state index is 12.9. The van der Waals surface area contributed by atoms with Crippen LogP contribution in [0.5, 0.6) is 11.5 Å². The second-order valence-corrected chi connectivity index (χ2v) is 9.20. The topological polar surface area (TPSA) is 81.7 Å². The quantitative estimate of drug-likeness (QED) is 0.870. The van der Waals surface area contributed by atoms with Gasteiger partial charge in [0.1, 0.15) is 13.2 Å². The molecule has 6 nitrogen and oxygen atoms in total. The molecule has 7 heteroatoms. The smallest absolute Gasteiger partial charge is 0.252 e. The van der Waals surface area contributed by atoms with Gasteiger partial charge in [-0.15, -0.1) is 0 Å². The predicted molar refractivity (Wildman–Crippen MR) is 102 cm³/mol. The van der Waals surface area contributed by atoms with Crippen molar-refractivity contribution in [1.29, 1.82) is 0 Å². The summed E-state index contributed by atoms with van der Waals surface area (Å²) < 4.78 is 34.8. The zero-order chi connectivity index (χ0) is 19.8. The van der Waals surface area contributed by atoms with E-state index in [2.05, 4.69) is 5.32 Å². The number of nitrogens with one attached hydrogen (secondary N) is 1. The summed E-state index contributed by atoms with van der Waals surface area (Å²) in [4.78, 5) is 13.0. The van der Waals surface area contributed by atoms with Crippen molar-refractivity contribution in [2.45, 2.75) is 31.2 Å². The van der Waals surface area contributed by atoms with Gasteiger partial charge in [0.05, 0.1) is 10.4 Å². The number of rotatable bonds is 4. The van der Waals surface area contributed by atoms with E-state index < -0.39 is 15.4 Å². The highest BCUT2D eigenvalue weighted by Crippen LogP contribution is 2.34. The Morgan fingerprint density at radius 2 is 1.70 bits per heavy atom. The van der Waals surface area contributed by atoms with Gasteiger partial charge < -0.3 is 14.8 Å². The van der Waals surface area contributed by atoms with Crippen molar-refractivity contribution in [1.82, 2.24) is 5.32 Å². The van der Waals surface area contributed by atoms with E-state index in [0.717, 1.165) is 11.8 Å². The molecule has 0 radical (unpaired) electrons. The minimum atomic E-state index is -3.39. The normalized spacial score (nSPS) is 13.9. The van der Waals surface area contributed by atoms with Crippen molar-refractivity contribution < 1.29 is 22.7 Å². The van der Waals surface area contributed by atoms with Gasteiger partial charge in [0.25, 0.3) is 5.91 Å². The highest BCUT2D eigenvalue weighted by Gasteiger charge is 2.26. The minimum absolute atomic E-state index is 0.121. The minimum Gasteiger partial charge on any atom is -0.486 e. The van der Waals surface area contributed by atoms with Gasteiger partial charge in [-0.05, 0) is 56.2 Å². The SMILES string of the molecule is Cc1ccc(S(C)(=O)=O)cc1C(=O)NC(C)(C)c1ccc2c(c1)OCCO2. The Labute approximate surface area is 159 Å². The number of carbonyl (C=O) groups is 1. The van der Waals surface area contributed by atoms with Gasteiger partial charge in [-0.2, -0.15) is 0 Å². The van der Waals surface area contributed by atoms with Crippen LogP contribution in [0.15, 0.2) is 41.3 Å². The second-order valence-electron chi connectivity index (χ2n) is 7.19. The molecule has 0 unspecified atom stereocenters. The molecular weight excluding hydrogens is 366 g/mol. The summed E-state index contributed by atoms with van der Waals surface area (Å²) in [6, 6.07) is 10.1. The van der Waals surface area contributed by atoms with Crippen molar-refractivity contribution in [3.05, 3.63) is 53.1 Å². The lowest BCUT2D eigenvalue weighted by molar-refractivity contribution is 0.0911. The van der Waals surface area contributed by atoms with Crippen LogP contribution in [0.1, 0.15) is 35.3 Å². The van der Waals surface area contributed by atoms with Crippen molar-refractivity contribution in [3.8, 4) is 11.5 Å². The molecule has 2 aromatic carbocycles. The molecule has 2 aromatic rings. The second kappa shape index (κ2) is 6.88. The van der Waals surface area contributed by atoms with Crippen LogP contribution in [0.4, 0.5) is 0 Å². The number of aryl methyl sites for hydroxylation is 1. The van der Waals surface area contributed by atoms with Gasteiger partial charge in [0.2, 0.25) is 0 Å². The molecule has 0 saturated carbocycles. The number of hydrogen-bond acceptors (Lipinski definition) is 5. The van der Waals surface area contributed by atoms with Gasteiger partial charge in [-0.25, -0.2) is 8.42 Å². The molecule has 0 bridgehead atoms. The van der Waals surface area contributed by atoms with Crippen molar-refractivity contribution in [3.63, 3.8) is 0 Å². The van der Waals surface area contributed by atoms with Gasteiger partial charge in [0, 0.05) is 11.8 Å². The number of hydrogen-bond donors (Lipinski definition) is 1. The molecule has 144 valence electrons. The molecule has 27 heavy (non-hydrogen) atoms. The molecule has 0 atom stereocenters. The zero-order valence-electron chi connectivity index (χ0n) is 15.8. The maximum Gasteiger partial charge on any atom is 0.252 e. The average molecular weight is 389 g/mol. The highest BCUT2D eigenvalue weighted by molar-refractivity contribution is 7.90. The number of amides is 1. The van der Waals surface area contributed by atoms with Crippen LogP contribution in [0.25, 0.3) is 0 Å². The summed E-state index contributed by atoms with van der Waals surface area (Å²) in [5.41, 5.74) is 1.21. The molecule has 0 aliphatic carbocycles. The van der Waals surface area contributed by atoms with E-state index in [9.17, 15) is 13.2 Å². The van der Waals surface area contributed by atoms with E-state index in [1.54, 1.807) is 13.0 Å². The predicted octanol–water partition coefficient (Wildman–Crippen LogP) is 2.83. The number of sulfone groups is 1. The fourth-order valence-corrected chi connectivity index (χ4v) is 3.58. The van der Waals surface area contributed by atoms with Crippen molar-refractivity contribution in [2.24, 2.45) is 0 Å². The number of benzene rings is 2. The average Bonchev–Trinajstić information content (AvgIpc) is 2.60. The molecule has 0 aromatic heterocycles. The first-order valence-corrected chi connectivity index (χ1v) is 10.5. The monoisotopic (exact) mass is 389 g/mol. The van der Waals surface area contributed by atoms with Crippen LogP contribution in [0.3, 0.4) is 0 Å². The Bertz CT molecular complexity index is 995. The molecule has 1 aliphatic rings. The Hall–Kier alpha value is -2.54. The first-order chi connectivity index (χ1) is 12.6. The van der Waals surface area contributed by atoms with Gasteiger partial charge in [-0.3, -0.25) is 4.79 Å². The summed E-state index contributed by atoms with van der Waals surface area (Å²) in [6.45, 7) is 6.54. The summed E-state index contributed by atoms with van der Waals surface area (Å²) in [7, 11) is -3.39. The first kappa shape index (κ1) is 19.2. The lowest BCUT2D eigenvalue weighted by atomic mass is 9.93. The molecule has 1 N–H and O–H groups in total. The highest BCUT2D eigenvalue weighted by atomic mass is 32.2. The molecule has 1 aliphatic heterocycles. The summed E-state index contributed by atoms with van der Waals surface area (Å²) in [5, 5.41) is 2.99. The molecule has 0 saturated heterocycles. The standard InChI is InChI=1S/C20H23NO5S/c1-13-5-7-15(27(4,23)24)12-16(13)19(22)21-20(2,3)14-6-8-17-18(11-14)26-10-9-25-17/h5-8,11-12H,9-10H2,1-4H3,(H,21,22). The number of fused-ring (bicyclic) bond motifs is 1. The van der Waals surface area contributed by atoms with Gasteiger partial charge in [-0.1, -0.05) is 12.1 Å². The van der Waals surface area contributed by atoms with Gasteiger partial charge >= 0.3 is 0 Å². The zero-order valence-corrected chi connectivity index (χ0v) is 16.6. The van der Waals surface area contributed by atoms with E-state index >= 15 is 0 Å². The van der Waals surface area contributed by atoms with Crippen LogP contribution in [-0.4, -0.2) is 33.8 Å². The lowest BCUT2D eigenvalue weighted by Crippen LogP contribution is -2.41. The van der Waals surface area contributed by atoms with Crippen LogP contribution >= 0.6 is 0 Å². The Kier molecular flexibility index (Phi) is 4.90. The van der Waals surface area contributed by atoms with Crippen molar-refractivity contribution >= 4 is 15.7 Å². The van der Waals surface area contributed by atoms with E-state index in [0.29, 0.717) is 35.8 Å². The molecule has 3 rings (SSSR count). The molecule has 1 heterocycles.